The average molecular weight is 430 g/mol. The molecule has 1 aliphatic heterocycles. The van der Waals surface area contributed by atoms with Crippen molar-refractivity contribution in [2.75, 3.05) is 13.1 Å². The van der Waals surface area contributed by atoms with Gasteiger partial charge in [-0.25, -0.2) is 14.4 Å². The summed E-state index contributed by atoms with van der Waals surface area (Å²) in [5.41, 5.74) is 1.88. The van der Waals surface area contributed by atoms with Crippen molar-refractivity contribution < 1.29 is 22.4 Å². The molecule has 0 atom stereocenters. The van der Waals surface area contributed by atoms with E-state index >= 15 is 0 Å². The van der Waals surface area contributed by atoms with Crippen LogP contribution in [0.1, 0.15) is 39.7 Å². The van der Waals surface area contributed by atoms with E-state index in [2.05, 4.69) is 15.0 Å². The highest BCUT2D eigenvalue weighted by molar-refractivity contribution is 5.98. The van der Waals surface area contributed by atoms with Crippen molar-refractivity contribution in [3.05, 3.63) is 76.6 Å². The van der Waals surface area contributed by atoms with Crippen LogP contribution in [0.2, 0.25) is 0 Å². The summed E-state index contributed by atoms with van der Waals surface area (Å²) in [4.78, 5) is 27.1. The molecule has 1 aliphatic rings. The molecule has 0 saturated heterocycles. The number of rotatable bonds is 4. The van der Waals surface area contributed by atoms with Crippen LogP contribution in [-0.4, -0.2) is 38.8 Å². The van der Waals surface area contributed by atoms with Gasteiger partial charge in [-0.3, -0.25) is 9.78 Å². The third-order valence-electron chi connectivity index (χ3n) is 5.22. The fraction of sp³-hybridized carbons (Fsp3) is 0.273. The number of aromatic nitrogens is 3. The molecule has 0 radical (unpaired) electrons. The molecule has 1 aromatic carbocycles. The monoisotopic (exact) mass is 430 g/mol. The Morgan fingerprint density at radius 2 is 1.90 bits per heavy atom. The number of nitrogens with zero attached hydrogens (tertiary/aromatic N) is 4. The third-order valence-corrected chi connectivity index (χ3v) is 5.22. The largest absolute Gasteiger partial charge is 0.416 e. The SMILES string of the molecule is CCN1CCc2c(ccnc2-c2cc(Cc3cc(F)cc(C(F)(F)F)c3)ncn2)C1=O. The molecule has 0 bridgehead atoms. The van der Waals surface area contributed by atoms with Crippen LogP contribution in [-0.2, 0) is 19.0 Å². The minimum Gasteiger partial charge on any atom is -0.339 e. The van der Waals surface area contributed by atoms with Gasteiger partial charge in [-0.1, -0.05) is 0 Å². The van der Waals surface area contributed by atoms with Crippen LogP contribution < -0.4 is 0 Å². The molecular formula is C22H18F4N4O. The summed E-state index contributed by atoms with van der Waals surface area (Å²) in [6.45, 7) is 3.10. The molecule has 3 heterocycles. The molecule has 0 unspecified atom stereocenters. The highest BCUT2D eigenvalue weighted by Gasteiger charge is 2.31. The lowest BCUT2D eigenvalue weighted by molar-refractivity contribution is -0.137. The summed E-state index contributed by atoms with van der Waals surface area (Å²) in [5, 5.41) is 0. The van der Waals surface area contributed by atoms with Crippen molar-refractivity contribution in [1.82, 2.24) is 19.9 Å². The number of benzene rings is 1. The molecule has 5 nitrogen and oxygen atoms in total. The zero-order valence-electron chi connectivity index (χ0n) is 16.6. The van der Waals surface area contributed by atoms with Gasteiger partial charge in [0.1, 0.15) is 12.1 Å². The van der Waals surface area contributed by atoms with E-state index in [1.165, 1.54) is 12.5 Å². The maximum absolute atomic E-state index is 13.7. The number of halogens is 4. The number of amides is 1. The predicted molar refractivity (Wildman–Crippen MR) is 105 cm³/mol. The van der Waals surface area contributed by atoms with Crippen molar-refractivity contribution >= 4 is 5.91 Å². The highest BCUT2D eigenvalue weighted by Crippen LogP contribution is 2.31. The van der Waals surface area contributed by atoms with Crippen LogP contribution in [0.25, 0.3) is 11.4 Å². The number of fused-ring (bicyclic) bond motifs is 1. The van der Waals surface area contributed by atoms with Gasteiger partial charge in [-0.05, 0) is 54.8 Å². The Balaban J connectivity index is 1.68. The number of carbonyl (C=O) groups excluding carboxylic acids is 1. The highest BCUT2D eigenvalue weighted by atomic mass is 19.4. The standard InChI is InChI=1S/C22H18F4N4O/c1-2-30-6-4-17-18(21(30)31)3-5-27-20(17)19-11-16(28-12-29-19)9-13-7-14(22(24,25)26)10-15(23)8-13/h3,5,7-8,10-12H,2,4,6,9H2,1H3. The van der Waals surface area contributed by atoms with E-state index in [-0.39, 0.29) is 17.9 Å². The molecule has 0 N–H and O–H groups in total. The molecule has 0 fully saturated rings. The molecule has 2 aromatic heterocycles. The number of hydrogen-bond acceptors (Lipinski definition) is 4. The number of likely N-dealkylation sites (N-methyl/N-ethyl adjacent to an activating group) is 1. The zero-order chi connectivity index (χ0) is 22.2. The molecule has 0 saturated carbocycles. The van der Waals surface area contributed by atoms with Gasteiger partial charge < -0.3 is 4.90 Å². The van der Waals surface area contributed by atoms with Crippen molar-refractivity contribution in [1.29, 1.82) is 0 Å². The summed E-state index contributed by atoms with van der Waals surface area (Å²) < 4.78 is 52.7. The van der Waals surface area contributed by atoms with Gasteiger partial charge >= 0.3 is 6.18 Å². The third kappa shape index (κ3) is 4.26. The quantitative estimate of drug-likeness (QED) is 0.579. The van der Waals surface area contributed by atoms with E-state index in [1.807, 2.05) is 6.92 Å². The maximum Gasteiger partial charge on any atom is 0.416 e. The number of carbonyl (C=O) groups is 1. The normalized spacial score (nSPS) is 14.0. The van der Waals surface area contributed by atoms with Gasteiger partial charge in [0.05, 0.1) is 17.0 Å². The first-order valence-corrected chi connectivity index (χ1v) is 9.71. The van der Waals surface area contributed by atoms with E-state index in [9.17, 15) is 22.4 Å². The Kier molecular flexibility index (Phi) is 5.43. The van der Waals surface area contributed by atoms with Gasteiger partial charge in [0.2, 0.25) is 0 Å². The van der Waals surface area contributed by atoms with Crippen molar-refractivity contribution in [3.8, 4) is 11.4 Å². The van der Waals surface area contributed by atoms with Crippen LogP contribution >= 0.6 is 0 Å². The lowest BCUT2D eigenvalue weighted by atomic mass is 9.96. The minimum absolute atomic E-state index is 0.00602. The lowest BCUT2D eigenvalue weighted by Crippen LogP contribution is -2.37. The van der Waals surface area contributed by atoms with Gasteiger partial charge in [-0.15, -0.1) is 0 Å². The summed E-state index contributed by atoms with van der Waals surface area (Å²) in [6.07, 6.45) is -1.20. The lowest BCUT2D eigenvalue weighted by Gasteiger charge is -2.28. The van der Waals surface area contributed by atoms with Crippen LogP contribution in [0.5, 0.6) is 0 Å². The Bertz CT molecular complexity index is 1150. The van der Waals surface area contributed by atoms with E-state index in [4.69, 9.17) is 0 Å². The fourth-order valence-electron chi connectivity index (χ4n) is 3.74. The van der Waals surface area contributed by atoms with E-state index in [0.29, 0.717) is 48.2 Å². The van der Waals surface area contributed by atoms with Gasteiger partial charge in [-0.2, -0.15) is 13.2 Å². The summed E-state index contributed by atoms with van der Waals surface area (Å²) >= 11 is 0. The van der Waals surface area contributed by atoms with Gasteiger partial charge in [0, 0.05) is 37.0 Å². The fourth-order valence-corrected chi connectivity index (χ4v) is 3.74. The Morgan fingerprint density at radius 3 is 2.65 bits per heavy atom. The van der Waals surface area contributed by atoms with Crippen LogP contribution in [0, 0.1) is 5.82 Å². The van der Waals surface area contributed by atoms with Gasteiger partial charge in [0.15, 0.2) is 0 Å². The summed E-state index contributed by atoms with van der Waals surface area (Å²) in [6, 6.07) is 5.71. The average Bonchev–Trinajstić information content (AvgIpc) is 2.73. The molecule has 31 heavy (non-hydrogen) atoms. The first kappa shape index (κ1) is 20.9. The molecule has 9 heteroatoms. The Labute approximate surface area is 175 Å². The molecule has 3 aromatic rings. The molecule has 0 spiro atoms. The molecular weight excluding hydrogens is 412 g/mol. The van der Waals surface area contributed by atoms with Crippen molar-refractivity contribution in [2.45, 2.75) is 25.9 Å². The van der Waals surface area contributed by atoms with Crippen LogP contribution in [0.3, 0.4) is 0 Å². The van der Waals surface area contributed by atoms with Crippen LogP contribution in [0.4, 0.5) is 17.6 Å². The summed E-state index contributed by atoms with van der Waals surface area (Å²) in [5.74, 6) is -1.03. The van der Waals surface area contributed by atoms with Crippen molar-refractivity contribution in [2.24, 2.45) is 0 Å². The number of pyridine rings is 1. The topological polar surface area (TPSA) is 59.0 Å². The van der Waals surface area contributed by atoms with E-state index in [0.717, 1.165) is 17.7 Å². The second-order valence-corrected chi connectivity index (χ2v) is 7.24. The second-order valence-electron chi connectivity index (χ2n) is 7.24. The summed E-state index contributed by atoms with van der Waals surface area (Å²) in [7, 11) is 0. The Morgan fingerprint density at radius 1 is 1.10 bits per heavy atom. The van der Waals surface area contributed by atoms with Gasteiger partial charge in [0.25, 0.3) is 5.91 Å². The van der Waals surface area contributed by atoms with Crippen molar-refractivity contribution in [3.63, 3.8) is 0 Å². The number of alkyl halides is 3. The molecule has 1 amide bonds. The van der Waals surface area contributed by atoms with E-state index < -0.39 is 17.6 Å². The molecule has 4 rings (SSSR count). The first-order chi connectivity index (χ1) is 14.8. The molecule has 160 valence electrons. The Hall–Kier alpha value is -3.36. The zero-order valence-corrected chi connectivity index (χ0v) is 16.6. The smallest absolute Gasteiger partial charge is 0.339 e. The van der Waals surface area contributed by atoms with E-state index in [1.54, 1.807) is 17.0 Å². The maximum atomic E-state index is 13.7. The number of hydrogen-bond donors (Lipinski definition) is 0. The minimum atomic E-state index is -4.64. The van der Waals surface area contributed by atoms with Crippen LogP contribution in [0.15, 0.2) is 42.9 Å². The second kappa shape index (κ2) is 8.05. The first-order valence-electron chi connectivity index (χ1n) is 9.71. The molecule has 0 aliphatic carbocycles. The predicted octanol–water partition coefficient (Wildman–Crippen LogP) is 4.31.